The van der Waals surface area contributed by atoms with Crippen LogP contribution in [0.2, 0.25) is 0 Å². The smallest absolute Gasteiger partial charge is 0.407 e. The van der Waals surface area contributed by atoms with E-state index < -0.39 is 17.7 Å². The summed E-state index contributed by atoms with van der Waals surface area (Å²) in [6.07, 6.45) is 0.866. The average Bonchev–Trinajstić information content (AvgIpc) is 2.64. The van der Waals surface area contributed by atoms with Crippen molar-refractivity contribution in [3.63, 3.8) is 0 Å². The zero-order valence-corrected chi connectivity index (χ0v) is 9.65. The molecule has 7 heteroatoms. The number of nitrogens with zero attached hydrogens (tertiary/aromatic N) is 2. The molecule has 0 saturated heterocycles. The fourth-order valence-electron chi connectivity index (χ4n) is 0.998. The summed E-state index contributed by atoms with van der Waals surface area (Å²) < 4.78 is 5.05. The minimum absolute atomic E-state index is 0.240. The van der Waals surface area contributed by atoms with E-state index in [0.717, 1.165) is 0 Å². The Bertz CT molecular complexity index is 330. The molecule has 90 valence electrons. The number of alkyl carbamates (subject to hydrolysis) is 1. The van der Waals surface area contributed by atoms with Crippen molar-refractivity contribution in [3.05, 3.63) is 12.2 Å². The number of hydrogen-bond donors (Lipinski definition) is 3. The van der Waals surface area contributed by atoms with Gasteiger partial charge in [0.15, 0.2) is 0 Å². The number of aromatic amines is 1. The number of carbonyl (C=O) groups excluding carboxylic acids is 1. The zero-order valence-electron chi connectivity index (χ0n) is 9.65. The van der Waals surface area contributed by atoms with Gasteiger partial charge in [0.2, 0.25) is 0 Å². The summed E-state index contributed by atoms with van der Waals surface area (Å²) in [4.78, 5) is 15.2. The van der Waals surface area contributed by atoms with Crippen molar-refractivity contribution in [2.24, 2.45) is 5.73 Å². The summed E-state index contributed by atoms with van der Waals surface area (Å²) in [7, 11) is 0. The first-order valence-electron chi connectivity index (χ1n) is 4.96. The minimum atomic E-state index is -0.513. The molecule has 4 N–H and O–H groups in total. The quantitative estimate of drug-likeness (QED) is 0.690. The molecule has 0 fully saturated rings. The van der Waals surface area contributed by atoms with Gasteiger partial charge >= 0.3 is 6.09 Å². The monoisotopic (exact) mass is 227 g/mol. The van der Waals surface area contributed by atoms with Gasteiger partial charge in [-0.25, -0.2) is 9.78 Å². The lowest BCUT2D eigenvalue weighted by Crippen LogP contribution is -2.36. The lowest BCUT2D eigenvalue weighted by atomic mass is 10.2. The summed E-state index contributed by atoms with van der Waals surface area (Å²) in [5, 5.41) is 8.85. The standard InChI is InChI=1S/C9H17N5O2/c1-9(2,3)16-8(15)11-4-6(10)7-12-5-13-14-7/h5-6H,4,10H2,1-3H3,(H,11,15)(H,12,13,14). The molecule has 0 aromatic carbocycles. The van der Waals surface area contributed by atoms with Crippen molar-refractivity contribution in [2.75, 3.05) is 6.54 Å². The molecule has 16 heavy (non-hydrogen) atoms. The Kier molecular flexibility index (Phi) is 3.83. The Morgan fingerprint density at radius 3 is 2.88 bits per heavy atom. The third-order valence-corrected chi connectivity index (χ3v) is 1.65. The van der Waals surface area contributed by atoms with E-state index in [1.165, 1.54) is 6.33 Å². The van der Waals surface area contributed by atoms with Crippen LogP contribution in [-0.2, 0) is 4.74 Å². The van der Waals surface area contributed by atoms with Gasteiger partial charge in [-0.1, -0.05) is 0 Å². The van der Waals surface area contributed by atoms with E-state index in [2.05, 4.69) is 20.5 Å². The second-order valence-electron chi connectivity index (χ2n) is 4.36. The van der Waals surface area contributed by atoms with Gasteiger partial charge in [0.05, 0.1) is 6.04 Å². The zero-order chi connectivity index (χ0) is 12.2. The Hall–Kier alpha value is -1.63. The highest BCUT2D eigenvalue weighted by Gasteiger charge is 2.17. The Labute approximate surface area is 93.8 Å². The number of carbonyl (C=O) groups is 1. The molecule has 0 bridgehead atoms. The van der Waals surface area contributed by atoms with Crippen LogP contribution < -0.4 is 11.1 Å². The Balaban J connectivity index is 2.32. The first-order chi connectivity index (χ1) is 7.38. The predicted molar refractivity (Wildman–Crippen MR) is 57.5 cm³/mol. The van der Waals surface area contributed by atoms with Gasteiger partial charge in [-0.2, -0.15) is 5.10 Å². The fraction of sp³-hybridized carbons (Fsp3) is 0.667. The van der Waals surface area contributed by atoms with Crippen LogP contribution >= 0.6 is 0 Å². The summed E-state index contributed by atoms with van der Waals surface area (Å²) in [5.74, 6) is 0.524. The lowest BCUT2D eigenvalue weighted by molar-refractivity contribution is 0.0524. The molecule has 7 nitrogen and oxygen atoms in total. The van der Waals surface area contributed by atoms with Crippen LogP contribution in [0.15, 0.2) is 6.33 Å². The van der Waals surface area contributed by atoms with E-state index in [1.807, 2.05) is 0 Å². The molecule has 0 aliphatic rings. The number of nitrogens with one attached hydrogen (secondary N) is 2. The Morgan fingerprint density at radius 1 is 1.69 bits per heavy atom. The fourth-order valence-corrected chi connectivity index (χ4v) is 0.998. The van der Waals surface area contributed by atoms with Crippen molar-refractivity contribution < 1.29 is 9.53 Å². The summed E-state index contributed by atoms with van der Waals surface area (Å²) >= 11 is 0. The number of amides is 1. The lowest BCUT2D eigenvalue weighted by Gasteiger charge is -2.20. The van der Waals surface area contributed by atoms with Gasteiger partial charge in [-0.05, 0) is 20.8 Å². The van der Waals surface area contributed by atoms with Crippen LogP contribution in [0.5, 0.6) is 0 Å². The molecule has 0 aliphatic heterocycles. The third-order valence-electron chi connectivity index (χ3n) is 1.65. The van der Waals surface area contributed by atoms with Crippen molar-refractivity contribution >= 4 is 6.09 Å². The van der Waals surface area contributed by atoms with Gasteiger partial charge in [0.1, 0.15) is 17.8 Å². The first kappa shape index (κ1) is 12.4. The minimum Gasteiger partial charge on any atom is -0.444 e. The van der Waals surface area contributed by atoms with Gasteiger partial charge in [-0.3, -0.25) is 5.10 Å². The maximum Gasteiger partial charge on any atom is 0.407 e. The number of H-pyrrole nitrogens is 1. The van der Waals surface area contributed by atoms with E-state index in [4.69, 9.17) is 10.5 Å². The first-order valence-corrected chi connectivity index (χ1v) is 4.96. The van der Waals surface area contributed by atoms with E-state index in [1.54, 1.807) is 20.8 Å². The van der Waals surface area contributed by atoms with E-state index in [0.29, 0.717) is 5.82 Å². The molecule has 0 radical (unpaired) electrons. The summed E-state index contributed by atoms with van der Waals surface area (Å²) in [6, 6.07) is -0.421. The summed E-state index contributed by atoms with van der Waals surface area (Å²) in [5.41, 5.74) is 5.23. The number of nitrogens with two attached hydrogens (primary N) is 1. The molecule has 1 aromatic rings. The predicted octanol–water partition coefficient (Wildman–Crippen LogP) is 0.329. The van der Waals surface area contributed by atoms with Crippen LogP contribution in [-0.4, -0.2) is 33.4 Å². The molecule has 0 aliphatic carbocycles. The third kappa shape index (κ3) is 4.26. The second-order valence-corrected chi connectivity index (χ2v) is 4.36. The van der Waals surface area contributed by atoms with E-state index in [9.17, 15) is 4.79 Å². The van der Waals surface area contributed by atoms with E-state index >= 15 is 0 Å². The van der Waals surface area contributed by atoms with Crippen LogP contribution in [0, 0.1) is 0 Å². The van der Waals surface area contributed by atoms with Crippen LogP contribution in [0.3, 0.4) is 0 Å². The van der Waals surface area contributed by atoms with Crippen molar-refractivity contribution in [1.82, 2.24) is 20.5 Å². The normalized spacial score (nSPS) is 13.2. The van der Waals surface area contributed by atoms with Gasteiger partial charge < -0.3 is 15.8 Å². The van der Waals surface area contributed by atoms with Gasteiger partial charge in [-0.15, -0.1) is 0 Å². The highest BCUT2D eigenvalue weighted by atomic mass is 16.6. The van der Waals surface area contributed by atoms with Crippen molar-refractivity contribution in [3.8, 4) is 0 Å². The molecule has 1 heterocycles. The number of rotatable bonds is 3. The van der Waals surface area contributed by atoms with Crippen LogP contribution in [0.1, 0.15) is 32.6 Å². The second kappa shape index (κ2) is 4.93. The van der Waals surface area contributed by atoms with Crippen molar-refractivity contribution in [2.45, 2.75) is 32.4 Å². The van der Waals surface area contributed by atoms with Crippen molar-refractivity contribution in [1.29, 1.82) is 0 Å². The number of aromatic nitrogens is 3. The molecule has 1 rings (SSSR count). The highest BCUT2D eigenvalue weighted by molar-refractivity contribution is 5.67. The molecule has 1 unspecified atom stereocenters. The summed E-state index contributed by atoms with van der Waals surface area (Å²) in [6.45, 7) is 5.62. The largest absolute Gasteiger partial charge is 0.444 e. The molecular formula is C9H17N5O2. The molecule has 0 saturated carbocycles. The molecule has 0 spiro atoms. The SMILES string of the molecule is CC(C)(C)OC(=O)NCC(N)c1ncn[nH]1. The molecule has 1 aromatic heterocycles. The Morgan fingerprint density at radius 2 is 2.38 bits per heavy atom. The van der Waals surface area contributed by atoms with Gasteiger partial charge in [0, 0.05) is 6.54 Å². The average molecular weight is 227 g/mol. The van der Waals surface area contributed by atoms with Crippen LogP contribution in [0.25, 0.3) is 0 Å². The maximum atomic E-state index is 11.3. The molecule has 1 amide bonds. The number of hydrogen-bond acceptors (Lipinski definition) is 5. The molecule has 1 atom stereocenters. The molecular weight excluding hydrogens is 210 g/mol. The highest BCUT2D eigenvalue weighted by Crippen LogP contribution is 2.07. The maximum absolute atomic E-state index is 11.3. The van der Waals surface area contributed by atoms with Gasteiger partial charge in [0.25, 0.3) is 0 Å². The number of ether oxygens (including phenoxy) is 1. The van der Waals surface area contributed by atoms with E-state index in [-0.39, 0.29) is 6.54 Å². The van der Waals surface area contributed by atoms with Crippen LogP contribution in [0.4, 0.5) is 4.79 Å². The topological polar surface area (TPSA) is 106 Å².